The van der Waals surface area contributed by atoms with Crippen LogP contribution in [0.2, 0.25) is 5.15 Å². The normalized spacial score (nSPS) is 10.2. The quantitative estimate of drug-likeness (QED) is 0.845. The molecule has 0 aliphatic carbocycles. The molecule has 0 saturated carbocycles. The molecule has 4 nitrogen and oxygen atoms in total. The highest BCUT2D eigenvalue weighted by atomic mass is 79.9. The number of aromatic nitrogens is 2. The molecule has 1 amide bonds. The van der Waals surface area contributed by atoms with Crippen molar-refractivity contribution in [3.05, 3.63) is 50.3 Å². The van der Waals surface area contributed by atoms with E-state index in [1.54, 1.807) is 12.1 Å². The van der Waals surface area contributed by atoms with E-state index >= 15 is 0 Å². The Hall–Kier alpha value is -0.980. The van der Waals surface area contributed by atoms with Crippen molar-refractivity contribution in [2.24, 2.45) is 0 Å². The summed E-state index contributed by atoms with van der Waals surface area (Å²) in [5.74, 6) is 0.0131. The van der Waals surface area contributed by atoms with Gasteiger partial charge in [-0.1, -0.05) is 27.5 Å². The average Bonchev–Trinajstić information content (AvgIpc) is 2.32. The van der Waals surface area contributed by atoms with Gasteiger partial charge in [0, 0.05) is 8.95 Å². The Balaban J connectivity index is 2.24. The van der Waals surface area contributed by atoms with E-state index in [4.69, 9.17) is 11.6 Å². The zero-order chi connectivity index (χ0) is 13.1. The van der Waals surface area contributed by atoms with Gasteiger partial charge in [-0.25, -0.2) is 4.98 Å². The van der Waals surface area contributed by atoms with Crippen molar-refractivity contribution in [2.75, 3.05) is 5.32 Å². The van der Waals surface area contributed by atoms with E-state index in [0.717, 1.165) is 4.47 Å². The van der Waals surface area contributed by atoms with Crippen LogP contribution in [0.3, 0.4) is 0 Å². The summed E-state index contributed by atoms with van der Waals surface area (Å²) in [6.07, 6.45) is 2.82. The molecule has 18 heavy (non-hydrogen) atoms. The van der Waals surface area contributed by atoms with Crippen LogP contribution in [0.4, 0.5) is 5.82 Å². The van der Waals surface area contributed by atoms with Crippen LogP contribution in [-0.2, 0) is 0 Å². The minimum absolute atomic E-state index is 0.223. The van der Waals surface area contributed by atoms with Crippen LogP contribution in [0.1, 0.15) is 10.4 Å². The number of anilines is 1. The summed E-state index contributed by atoms with van der Waals surface area (Å²) < 4.78 is 1.51. The Morgan fingerprint density at radius 3 is 2.78 bits per heavy atom. The molecule has 0 aliphatic rings. The molecule has 92 valence electrons. The lowest BCUT2D eigenvalue weighted by atomic mass is 10.2. The third kappa shape index (κ3) is 3.28. The zero-order valence-electron chi connectivity index (χ0n) is 8.82. The molecule has 1 aromatic carbocycles. The second-order valence-electron chi connectivity index (χ2n) is 3.31. The first-order valence-electron chi connectivity index (χ1n) is 4.80. The molecule has 1 heterocycles. The molecule has 2 rings (SSSR count). The number of nitrogens with one attached hydrogen (secondary N) is 1. The smallest absolute Gasteiger partial charge is 0.258 e. The third-order valence-electron chi connectivity index (χ3n) is 2.02. The largest absolute Gasteiger partial charge is 0.305 e. The molecule has 0 spiro atoms. The van der Waals surface area contributed by atoms with Crippen molar-refractivity contribution in [1.29, 1.82) is 0 Å². The second-order valence-corrected chi connectivity index (χ2v) is 5.46. The lowest BCUT2D eigenvalue weighted by Gasteiger charge is -2.06. The SMILES string of the molecule is O=C(Nc1cncc(Cl)n1)c1cc(Br)ccc1Br. The van der Waals surface area contributed by atoms with Gasteiger partial charge in [0.15, 0.2) is 5.82 Å². The van der Waals surface area contributed by atoms with Crippen molar-refractivity contribution < 1.29 is 4.79 Å². The van der Waals surface area contributed by atoms with Crippen LogP contribution in [0.25, 0.3) is 0 Å². The highest BCUT2D eigenvalue weighted by molar-refractivity contribution is 9.11. The number of rotatable bonds is 2. The molecular weight excluding hydrogens is 385 g/mol. The Morgan fingerprint density at radius 1 is 1.28 bits per heavy atom. The predicted molar refractivity (Wildman–Crippen MR) is 76.8 cm³/mol. The van der Waals surface area contributed by atoms with Crippen LogP contribution in [0, 0.1) is 0 Å². The highest BCUT2D eigenvalue weighted by Gasteiger charge is 2.11. The molecule has 0 unspecified atom stereocenters. The first-order chi connectivity index (χ1) is 8.56. The first kappa shape index (κ1) is 13.5. The molecular formula is C11H6Br2ClN3O. The zero-order valence-corrected chi connectivity index (χ0v) is 12.8. The summed E-state index contributed by atoms with van der Waals surface area (Å²) in [5.41, 5.74) is 0.492. The van der Waals surface area contributed by atoms with Gasteiger partial charge in [-0.3, -0.25) is 9.78 Å². The van der Waals surface area contributed by atoms with E-state index in [1.165, 1.54) is 12.4 Å². The maximum Gasteiger partial charge on any atom is 0.258 e. The first-order valence-corrected chi connectivity index (χ1v) is 6.76. The van der Waals surface area contributed by atoms with E-state index in [2.05, 4.69) is 47.1 Å². The summed E-state index contributed by atoms with van der Waals surface area (Å²) in [6, 6.07) is 5.32. The van der Waals surface area contributed by atoms with Crippen molar-refractivity contribution in [2.45, 2.75) is 0 Å². The maximum atomic E-state index is 12.0. The van der Waals surface area contributed by atoms with E-state index in [1.807, 2.05) is 6.07 Å². The monoisotopic (exact) mass is 389 g/mol. The van der Waals surface area contributed by atoms with E-state index < -0.39 is 0 Å². The third-order valence-corrected chi connectivity index (χ3v) is 3.39. The van der Waals surface area contributed by atoms with Crippen molar-refractivity contribution in [1.82, 2.24) is 9.97 Å². The summed E-state index contributed by atoms with van der Waals surface area (Å²) in [5, 5.41) is 2.84. The minimum atomic E-state index is -0.292. The van der Waals surface area contributed by atoms with Gasteiger partial charge < -0.3 is 5.32 Å². The number of halogens is 3. The number of hydrogen-bond acceptors (Lipinski definition) is 3. The van der Waals surface area contributed by atoms with Crippen LogP contribution in [0.15, 0.2) is 39.5 Å². The summed E-state index contributed by atoms with van der Waals surface area (Å²) in [7, 11) is 0. The molecule has 0 bridgehead atoms. The summed E-state index contributed by atoms with van der Waals surface area (Å²) >= 11 is 12.3. The fourth-order valence-corrected chi connectivity index (χ4v) is 2.19. The fourth-order valence-electron chi connectivity index (χ4n) is 1.26. The predicted octanol–water partition coefficient (Wildman–Crippen LogP) is 3.91. The number of carbonyl (C=O) groups excluding carboxylic acids is 1. The average molecular weight is 391 g/mol. The topological polar surface area (TPSA) is 54.9 Å². The van der Waals surface area contributed by atoms with Crippen LogP contribution in [0.5, 0.6) is 0 Å². The standard InChI is InChI=1S/C11H6Br2ClN3O/c12-6-1-2-8(13)7(3-6)11(18)17-10-5-15-4-9(14)16-10/h1-5H,(H,16,17,18). The molecule has 0 fully saturated rings. The van der Waals surface area contributed by atoms with Gasteiger partial charge in [0.05, 0.1) is 18.0 Å². The Kier molecular flexibility index (Phi) is 4.31. The molecule has 0 atom stereocenters. The van der Waals surface area contributed by atoms with Crippen LogP contribution < -0.4 is 5.32 Å². The molecule has 0 radical (unpaired) electrons. The van der Waals surface area contributed by atoms with E-state index in [9.17, 15) is 4.79 Å². The summed E-state index contributed by atoms with van der Waals surface area (Å²) in [6.45, 7) is 0. The maximum absolute atomic E-state index is 12.0. The Labute approximate surface area is 125 Å². The second kappa shape index (κ2) is 5.77. The lowest BCUT2D eigenvalue weighted by Crippen LogP contribution is -2.13. The number of nitrogens with zero attached hydrogens (tertiary/aromatic N) is 2. The van der Waals surface area contributed by atoms with Gasteiger partial charge in [-0.05, 0) is 34.1 Å². The van der Waals surface area contributed by atoms with Crippen molar-refractivity contribution in [3.8, 4) is 0 Å². The number of hydrogen-bond donors (Lipinski definition) is 1. The van der Waals surface area contributed by atoms with Crippen molar-refractivity contribution >= 4 is 55.2 Å². The van der Waals surface area contributed by atoms with Crippen LogP contribution >= 0.6 is 43.5 Å². The van der Waals surface area contributed by atoms with Crippen molar-refractivity contribution in [3.63, 3.8) is 0 Å². The molecule has 0 aliphatic heterocycles. The molecule has 1 N–H and O–H groups in total. The van der Waals surface area contributed by atoms with E-state index in [-0.39, 0.29) is 11.1 Å². The fraction of sp³-hybridized carbons (Fsp3) is 0. The minimum Gasteiger partial charge on any atom is -0.305 e. The van der Waals surface area contributed by atoms with Gasteiger partial charge >= 0.3 is 0 Å². The highest BCUT2D eigenvalue weighted by Crippen LogP contribution is 2.22. The molecule has 0 saturated heterocycles. The molecule has 1 aromatic heterocycles. The number of benzene rings is 1. The van der Waals surface area contributed by atoms with Crippen LogP contribution in [-0.4, -0.2) is 15.9 Å². The van der Waals surface area contributed by atoms with Gasteiger partial charge in [-0.2, -0.15) is 0 Å². The molecule has 2 aromatic rings. The van der Waals surface area contributed by atoms with Gasteiger partial charge in [0.25, 0.3) is 5.91 Å². The van der Waals surface area contributed by atoms with Gasteiger partial charge in [0.2, 0.25) is 0 Å². The van der Waals surface area contributed by atoms with E-state index in [0.29, 0.717) is 15.9 Å². The Bertz CT molecular complexity index is 607. The Morgan fingerprint density at radius 2 is 2.06 bits per heavy atom. The number of carbonyl (C=O) groups is 1. The summed E-state index contributed by atoms with van der Waals surface area (Å²) in [4.78, 5) is 19.8. The van der Waals surface area contributed by atoms with Gasteiger partial charge in [0.1, 0.15) is 5.15 Å². The van der Waals surface area contributed by atoms with Gasteiger partial charge in [-0.15, -0.1) is 0 Å². The number of amides is 1. The molecule has 7 heteroatoms. The lowest BCUT2D eigenvalue weighted by molar-refractivity contribution is 0.102.